The molecule has 192 valence electrons. The Bertz CT molecular complexity index is 575. The fraction of sp³-hybridized carbons (Fsp3) is 0.947. The van der Waals surface area contributed by atoms with Gasteiger partial charge in [-0.15, -0.1) is 23.2 Å². The molecule has 0 aliphatic rings. The third-order valence-corrected chi connectivity index (χ3v) is 10.7. The SMILES string of the molecule is CC(C)(CCC(=O)CCC(C)(C)C(Cl)CC(Cl)(Cl)C(F)(Cl)Cl)C(Cl)CC(Cl)(Cl)C(F)(Cl)Cl. The highest BCUT2D eigenvalue weighted by Gasteiger charge is 2.51. The van der Waals surface area contributed by atoms with Crippen LogP contribution in [0.15, 0.2) is 0 Å². The molecule has 0 aliphatic heterocycles. The second-order valence-electron chi connectivity index (χ2n) is 9.26. The van der Waals surface area contributed by atoms with Crippen molar-refractivity contribution in [1.82, 2.24) is 0 Å². The van der Waals surface area contributed by atoms with Crippen molar-refractivity contribution in [3.05, 3.63) is 0 Å². The van der Waals surface area contributed by atoms with Crippen LogP contribution in [0, 0.1) is 10.8 Å². The maximum atomic E-state index is 13.8. The maximum Gasteiger partial charge on any atom is 0.290 e. The molecule has 0 bridgehead atoms. The zero-order valence-corrected chi connectivity index (χ0v) is 25.4. The second kappa shape index (κ2) is 12.3. The van der Waals surface area contributed by atoms with E-state index in [1.807, 2.05) is 0 Å². The summed E-state index contributed by atoms with van der Waals surface area (Å²) < 4.78 is 17.5. The Morgan fingerprint density at radius 1 is 0.656 bits per heavy atom. The summed E-state index contributed by atoms with van der Waals surface area (Å²) >= 11 is 57.8. The van der Waals surface area contributed by atoms with Crippen molar-refractivity contribution in [2.24, 2.45) is 10.8 Å². The Balaban J connectivity index is 4.83. The molecule has 0 aromatic carbocycles. The van der Waals surface area contributed by atoms with E-state index in [-0.39, 0.29) is 31.5 Å². The molecule has 0 aliphatic carbocycles. The summed E-state index contributed by atoms with van der Waals surface area (Å²) in [4.78, 5) is 12.5. The van der Waals surface area contributed by atoms with Gasteiger partial charge in [0, 0.05) is 36.4 Å². The van der Waals surface area contributed by atoms with Gasteiger partial charge in [0.25, 0.3) is 9.17 Å². The number of carbonyl (C=O) groups excluding carboxylic acids is 1. The Kier molecular flexibility index (Phi) is 13.3. The predicted octanol–water partition coefficient (Wildman–Crippen LogP) is 10.7. The fourth-order valence-corrected chi connectivity index (χ4v) is 4.52. The van der Waals surface area contributed by atoms with Crippen LogP contribution in [0.2, 0.25) is 0 Å². The number of Topliss-reactive ketones (excluding diaryl/α,β-unsaturated/α-hetero) is 1. The first kappa shape index (κ1) is 34.4. The van der Waals surface area contributed by atoms with E-state index in [1.54, 1.807) is 27.7 Å². The lowest BCUT2D eigenvalue weighted by Gasteiger charge is -2.36. The average Bonchev–Trinajstić information content (AvgIpc) is 2.55. The van der Waals surface area contributed by atoms with Gasteiger partial charge >= 0.3 is 0 Å². The van der Waals surface area contributed by atoms with Crippen molar-refractivity contribution in [3.8, 4) is 0 Å². The van der Waals surface area contributed by atoms with Crippen LogP contribution in [0.25, 0.3) is 0 Å². The maximum absolute atomic E-state index is 13.8. The molecule has 2 atom stereocenters. The molecule has 2 unspecified atom stereocenters. The van der Waals surface area contributed by atoms with E-state index >= 15 is 0 Å². The van der Waals surface area contributed by atoms with E-state index in [9.17, 15) is 13.6 Å². The number of hydrogen-bond acceptors (Lipinski definition) is 1. The quantitative estimate of drug-likeness (QED) is 0.169. The summed E-state index contributed by atoms with van der Waals surface area (Å²) in [7, 11) is 0. The molecule has 0 rings (SSSR count). The average molecular weight is 663 g/mol. The normalized spacial score (nSPS) is 16.8. The smallest absolute Gasteiger partial charge is 0.290 e. The van der Waals surface area contributed by atoms with Crippen molar-refractivity contribution in [2.45, 2.75) is 94.8 Å². The molecule has 0 fully saturated rings. The number of rotatable bonds is 14. The van der Waals surface area contributed by atoms with Crippen LogP contribution in [0.1, 0.15) is 66.2 Å². The van der Waals surface area contributed by atoms with Crippen molar-refractivity contribution >= 4 is 122 Å². The zero-order valence-electron chi connectivity index (χ0n) is 17.8. The Hall–Kier alpha value is 2.43. The third-order valence-electron chi connectivity index (χ3n) is 5.49. The van der Waals surface area contributed by atoms with Gasteiger partial charge in [-0.1, -0.05) is 121 Å². The van der Waals surface area contributed by atoms with E-state index in [0.717, 1.165) is 0 Å². The Labute approximate surface area is 239 Å². The molecule has 32 heavy (non-hydrogen) atoms. The highest BCUT2D eigenvalue weighted by atomic mass is 35.5. The molecule has 0 radical (unpaired) electrons. The molecule has 0 N–H and O–H groups in total. The summed E-state index contributed by atoms with van der Waals surface area (Å²) in [6.45, 7) is 7.19. The molecule has 0 amide bonds. The number of alkyl halides is 12. The highest BCUT2D eigenvalue weighted by Crippen LogP contribution is 2.51. The van der Waals surface area contributed by atoms with Gasteiger partial charge in [-0.05, 0) is 23.7 Å². The van der Waals surface area contributed by atoms with Crippen LogP contribution in [0.5, 0.6) is 0 Å². The van der Waals surface area contributed by atoms with Gasteiger partial charge in [0.1, 0.15) is 5.78 Å². The molecule has 0 saturated carbocycles. The summed E-state index contributed by atoms with van der Waals surface area (Å²) in [5, 5.41) is -1.43. The monoisotopic (exact) mass is 658 g/mol. The van der Waals surface area contributed by atoms with Gasteiger partial charge in [0.15, 0.2) is 8.67 Å². The molecule has 0 saturated heterocycles. The summed E-state index contributed by atoms with van der Waals surface area (Å²) in [6.07, 6.45) is 0.691. The second-order valence-corrected chi connectivity index (χ2v) is 15.8. The van der Waals surface area contributed by atoms with Crippen LogP contribution in [0.3, 0.4) is 0 Å². The van der Waals surface area contributed by atoms with Crippen molar-refractivity contribution < 1.29 is 13.6 Å². The lowest BCUT2D eigenvalue weighted by molar-refractivity contribution is -0.120. The van der Waals surface area contributed by atoms with E-state index < -0.39 is 39.4 Å². The summed E-state index contributed by atoms with van der Waals surface area (Å²) in [5.74, 6) is -0.0473. The first-order valence-electron chi connectivity index (χ1n) is 9.55. The van der Waals surface area contributed by atoms with Crippen LogP contribution < -0.4 is 0 Å². The highest BCUT2D eigenvalue weighted by molar-refractivity contribution is 6.62. The third kappa shape index (κ3) is 10.8. The van der Waals surface area contributed by atoms with Crippen LogP contribution in [-0.2, 0) is 4.79 Å². The number of carbonyl (C=O) groups is 1. The van der Waals surface area contributed by atoms with E-state index in [2.05, 4.69) is 0 Å². The summed E-state index contributed by atoms with van der Waals surface area (Å²) in [6, 6.07) is 0. The molecule has 0 heterocycles. The number of hydrogen-bond donors (Lipinski definition) is 0. The minimum atomic E-state index is -2.89. The van der Waals surface area contributed by atoms with E-state index in [0.29, 0.717) is 12.8 Å². The van der Waals surface area contributed by atoms with Gasteiger partial charge in [0.2, 0.25) is 0 Å². The van der Waals surface area contributed by atoms with Crippen molar-refractivity contribution in [2.75, 3.05) is 0 Å². The lowest BCUT2D eigenvalue weighted by Crippen LogP contribution is -2.39. The Morgan fingerprint density at radius 2 is 0.906 bits per heavy atom. The van der Waals surface area contributed by atoms with Gasteiger partial charge in [-0.2, -0.15) is 0 Å². The topological polar surface area (TPSA) is 17.1 Å². The molecule has 13 heteroatoms. The van der Waals surface area contributed by atoms with Crippen LogP contribution in [-0.4, -0.2) is 34.4 Å². The van der Waals surface area contributed by atoms with E-state index in [1.165, 1.54) is 0 Å². The van der Waals surface area contributed by atoms with Crippen LogP contribution in [0.4, 0.5) is 8.78 Å². The molecular weight excluding hydrogens is 637 g/mol. The number of ketones is 1. The molecular formula is C19H26Cl10F2O. The lowest BCUT2D eigenvalue weighted by atomic mass is 9.79. The first-order chi connectivity index (χ1) is 13.9. The molecule has 1 nitrogen and oxygen atoms in total. The standard InChI is InChI=1S/C19H26Cl10F2O/c1-14(2,12(20)9-16(22,23)18(26,27)30)7-5-11(32)6-8-15(3,4)13(21)10-17(24,25)19(28,29)31/h12-13H,5-10H2,1-4H3. The molecule has 0 aromatic heterocycles. The van der Waals surface area contributed by atoms with Crippen LogP contribution >= 0.6 is 116 Å². The van der Waals surface area contributed by atoms with Gasteiger partial charge < -0.3 is 0 Å². The van der Waals surface area contributed by atoms with E-state index in [4.69, 9.17) is 116 Å². The van der Waals surface area contributed by atoms with Gasteiger partial charge in [-0.3, -0.25) is 4.79 Å². The van der Waals surface area contributed by atoms with Crippen molar-refractivity contribution in [3.63, 3.8) is 0 Å². The van der Waals surface area contributed by atoms with Crippen molar-refractivity contribution in [1.29, 1.82) is 0 Å². The Morgan fingerprint density at radius 3 is 1.12 bits per heavy atom. The fourth-order valence-electron chi connectivity index (χ4n) is 2.60. The zero-order chi connectivity index (χ0) is 26.0. The molecule has 0 aromatic rings. The minimum Gasteiger partial charge on any atom is -0.300 e. The molecule has 0 spiro atoms. The first-order valence-corrected chi connectivity index (χ1v) is 13.4. The van der Waals surface area contributed by atoms with Gasteiger partial charge in [0.05, 0.1) is 0 Å². The van der Waals surface area contributed by atoms with Gasteiger partial charge in [-0.25, -0.2) is 8.78 Å². The number of halogens is 12. The predicted molar refractivity (Wildman–Crippen MR) is 140 cm³/mol. The summed E-state index contributed by atoms with van der Waals surface area (Å²) in [5.41, 5.74) is -1.25. The minimum absolute atomic E-state index is 0.0473. The largest absolute Gasteiger partial charge is 0.300 e.